The van der Waals surface area contributed by atoms with E-state index in [1.54, 1.807) is 18.2 Å². The smallest absolute Gasteiger partial charge is 0.341 e. The average molecular weight is 433 g/mol. The number of esters is 1. The van der Waals surface area contributed by atoms with E-state index in [2.05, 4.69) is 10.3 Å². The van der Waals surface area contributed by atoms with Crippen molar-refractivity contribution >= 4 is 29.3 Å². The number of hydrogen-bond donors (Lipinski definition) is 1. The fourth-order valence-corrected chi connectivity index (χ4v) is 3.95. The van der Waals surface area contributed by atoms with Crippen LogP contribution in [0.2, 0.25) is 5.02 Å². The lowest BCUT2D eigenvalue weighted by atomic mass is 9.86. The molecule has 2 amide bonds. The quantitative estimate of drug-likeness (QED) is 0.685. The van der Waals surface area contributed by atoms with Gasteiger partial charge in [0, 0.05) is 23.2 Å². The van der Waals surface area contributed by atoms with Crippen LogP contribution < -0.4 is 5.32 Å². The molecule has 2 atom stereocenters. The van der Waals surface area contributed by atoms with E-state index < -0.39 is 35.6 Å². The number of ether oxygens (including phenoxy) is 1. The summed E-state index contributed by atoms with van der Waals surface area (Å²) in [4.78, 5) is 29.2. The van der Waals surface area contributed by atoms with Gasteiger partial charge in [0.15, 0.2) is 0 Å². The second kappa shape index (κ2) is 8.52. The number of urea groups is 1. The van der Waals surface area contributed by atoms with E-state index in [9.17, 15) is 18.4 Å². The first kappa shape index (κ1) is 20.5. The van der Waals surface area contributed by atoms with Gasteiger partial charge in [0.1, 0.15) is 24.2 Å². The monoisotopic (exact) mass is 432 g/mol. The molecule has 2 aromatic rings. The number of halogens is 3. The summed E-state index contributed by atoms with van der Waals surface area (Å²) in [7, 11) is 0. The van der Waals surface area contributed by atoms with Gasteiger partial charge in [0.2, 0.25) is 0 Å². The van der Waals surface area contributed by atoms with E-state index >= 15 is 0 Å². The third-order valence-electron chi connectivity index (χ3n) is 5.21. The predicted octanol–water partition coefficient (Wildman–Crippen LogP) is 4.46. The molecule has 1 heterocycles. The first-order valence-corrected chi connectivity index (χ1v) is 10.0. The average Bonchev–Trinajstić information content (AvgIpc) is 3.50. The zero-order valence-corrected chi connectivity index (χ0v) is 16.7. The number of amides is 2. The Hall–Kier alpha value is -2.80. The lowest BCUT2D eigenvalue weighted by molar-refractivity contribution is -0.148. The molecule has 0 radical (unpaired) electrons. The van der Waals surface area contributed by atoms with Crippen molar-refractivity contribution in [1.29, 1.82) is 0 Å². The van der Waals surface area contributed by atoms with Crippen molar-refractivity contribution in [2.75, 3.05) is 0 Å². The third-order valence-corrected chi connectivity index (χ3v) is 5.45. The second-order valence-corrected chi connectivity index (χ2v) is 8.02. The van der Waals surface area contributed by atoms with Crippen molar-refractivity contribution in [3.05, 3.63) is 70.2 Å². The number of nitrogens with zero attached hydrogens (tertiary/aromatic N) is 1. The molecule has 2 unspecified atom stereocenters. The molecule has 0 aromatic heterocycles. The maximum Gasteiger partial charge on any atom is 0.341 e. The Bertz CT molecular complexity index is 1000. The summed E-state index contributed by atoms with van der Waals surface area (Å²) in [5.74, 6) is -2.68. The van der Waals surface area contributed by atoms with Crippen LogP contribution in [0, 0.1) is 23.5 Å². The number of nitrogens with one attached hydrogen (secondary N) is 1. The summed E-state index contributed by atoms with van der Waals surface area (Å²) in [5.41, 5.74) is 1.42. The molecule has 4 rings (SSSR count). The van der Waals surface area contributed by atoms with Crippen LogP contribution in [0.4, 0.5) is 13.6 Å². The molecule has 0 bridgehead atoms. The molecule has 1 N–H and O–H groups in total. The zero-order valence-electron chi connectivity index (χ0n) is 15.9. The van der Waals surface area contributed by atoms with Gasteiger partial charge in [0.05, 0.1) is 6.04 Å². The number of aliphatic imine (C=N–C) groups is 1. The van der Waals surface area contributed by atoms with Gasteiger partial charge in [-0.2, -0.15) is 0 Å². The maximum absolute atomic E-state index is 13.4. The lowest BCUT2D eigenvalue weighted by Crippen LogP contribution is -2.52. The Morgan fingerprint density at radius 3 is 2.53 bits per heavy atom. The molecular weight excluding hydrogens is 414 g/mol. The van der Waals surface area contributed by atoms with E-state index in [-0.39, 0.29) is 24.5 Å². The molecule has 0 spiro atoms. The van der Waals surface area contributed by atoms with E-state index in [1.807, 2.05) is 6.07 Å². The standard InChI is InChI=1S/C22H19ClF2N2O3/c23-15-3-1-2-12(6-15)9-18-19(20(14-4-5-14)27-22(29)26-18)21(28)30-11-13-7-16(24)10-17(25)8-13/h1-3,6-8,10,14,19-20H,4-5,9,11H2,(H,27,29). The summed E-state index contributed by atoms with van der Waals surface area (Å²) < 4.78 is 32.2. The van der Waals surface area contributed by atoms with Crippen LogP contribution in [0.3, 0.4) is 0 Å². The molecule has 2 aromatic carbocycles. The summed E-state index contributed by atoms with van der Waals surface area (Å²) in [5, 5.41) is 3.32. The molecule has 0 saturated heterocycles. The van der Waals surface area contributed by atoms with Gasteiger partial charge in [0.25, 0.3) is 0 Å². The molecule has 1 saturated carbocycles. The number of rotatable bonds is 6. The van der Waals surface area contributed by atoms with Gasteiger partial charge in [-0.05, 0) is 54.2 Å². The Labute approximate surface area is 177 Å². The largest absolute Gasteiger partial charge is 0.460 e. The molecule has 2 aliphatic rings. The highest BCUT2D eigenvalue weighted by atomic mass is 35.5. The third kappa shape index (κ3) is 4.84. The topological polar surface area (TPSA) is 67.8 Å². The van der Waals surface area contributed by atoms with E-state index in [0.29, 0.717) is 10.7 Å². The zero-order chi connectivity index (χ0) is 21.3. The Balaban J connectivity index is 1.56. The van der Waals surface area contributed by atoms with E-state index in [4.69, 9.17) is 16.3 Å². The highest BCUT2D eigenvalue weighted by Gasteiger charge is 2.46. The first-order chi connectivity index (χ1) is 14.4. The van der Waals surface area contributed by atoms with Crippen LogP contribution in [0.5, 0.6) is 0 Å². The molecule has 30 heavy (non-hydrogen) atoms. The second-order valence-electron chi connectivity index (χ2n) is 7.59. The fourth-order valence-electron chi connectivity index (χ4n) is 3.74. The van der Waals surface area contributed by atoms with Crippen molar-refractivity contribution in [3.63, 3.8) is 0 Å². The van der Waals surface area contributed by atoms with Crippen molar-refractivity contribution < 1.29 is 23.1 Å². The van der Waals surface area contributed by atoms with Crippen LogP contribution >= 0.6 is 11.6 Å². The minimum absolute atomic E-state index is 0.169. The van der Waals surface area contributed by atoms with Gasteiger partial charge in [-0.15, -0.1) is 0 Å². The van der Waals surface area contributed by atoms with Crippen LogP contribution in [0.1, 0.15) is 24.0 Å². The molecule has 1 aliphatic heterocycles. The van der Waals surface area contributed by atoms with Crippen molar-refractivity contribution in [2.24, 2.45) is 16.8 Å². The van der Waals surface area contributed by atoms with Crippen LogP contribution in [0.15, 0.2) is 47.5 Å². The van der Waals surface area contributed by atoms with E-state index in [1.165, 1.54) is 0 Å². The normalized spacial score (nSPS) is 21.0. The highest BCUT2D eigenvalue weighted by Crippen LogP contribution is 2.38. The van der Waals surface area contributed by atoms with Gasteiger partial charge < -0.3 is 10.1 Å². The number of benzene rings is 2. The molecule has 5 nitrogen and oxygen atoms in total. The van der Waals surface area contributed by atoms with Crippen molar-refractivity contribution in [3.8, 4) is 0 Å². The van der Waals surface area contributed by atoms with Crippen LogP contribution in [0.25, 0.3) is 0 Å². The molecule has 1 fully saturated rings. The molecule has 8 heteroatoms. The number of carbonyl (C=O) groups excluding carboxylic acids is 2. The minimum atomic E-state index is -0.771. The van der Waals surface area contributed by atoms with Crippen LogP contribution in [-0.2, 0) is 22.6 Å². The summed E-state index contributed by atoms with van der Waals surface area (Å²) in [6.45, 7) is -0.278. The Kier molecular flexibility index (Phi) is 5.81. The Morgan fingerprint density at radius 1 is 1.13 bits per heavy atom. The SMILES string of the molecule is O=C1N=C(Cc2cccc(Cl)c2)C(C(=O)OCc2cc(F)cc(F)c2)C(C2CC2)N1. The van der Waals surface area contributed by atoms with Crippen molar-refractivity contribution in [1.82, 2.24) is 5.32 Å². The first-order valence-electron chi connectivity index (χ1n) is 9.63. The Morgan fingerprint density at radius 2 is 1.87 bits per heavy atom. The summed E-state index contributed by atoms with van der Waals surface area (Å²) in [6, 6.07) is 9.17. The highest BCUT2D eigenvalue weighted by molar-refractivity contribution is 6.30. The molecule has 156 valence electrons. The van der Waals surface area contributed by atoms with Gasteiger partial charge in [-0.1, -0.05) is 23.7 Å². The lowest BCUT2D eigenvalue weighted by Gasteiger charge is -2.31. The predicted molar refractivity (Wildman–Crippen MR) is 107 cm³/mol. The molecular formula is C22H19ClF2N2O3. The fraction of sp³-hybridized carbons (Fsp3) is 0.318. The summed E-state index contributed by atoms with van der Waals surface area (Å²) >= 11 is 6.05. The minimum Gasteiger partial charge on any atom is -0.460 e. The van der Waals surface area contributed by atoms with Gasteiger partial charge >= 0.3 is 12.0 Å². The maximum atomic E-state index is 13.4. The van der Waals surface area contributed by atoms with Gasteiger partial charge in [-0.3, -0.25) is 4.79 Å². The number of carbonyl (C=O) groups is 2. The summed E-state index contributed by atoms with van der Waals surface area (Å²) in [6.07, 6.45) is 2.06. The number of hydrogen-bond acceptors (Lipinski definition) is 3. The van der Waals surface area contributed by atoms with Crippen molar-refractivity contribution in [2.45, 2.75) is 31.9 Å². The van der Waals surface area contributed by atoms with Crippen LogP contribution in [-0.4, -0.2) is 23.8 Å². The van der Waals surface area contributed by atoms with E-state index in [0.717, 1.165) is 36.6 Å². The molecule has 1 aliphatic carbocycles. The van der Waals surface area contributed by atoms with Gasteiger partial charge in [-0.25, -0.2) is 18.6 Å².